The maximum absolute atomic E-state index is 12.2. The highest BCUT2D eigenvalue weighted by Gasteiger charge is 2.14. The number of anilines is 1. The van der Waals surface area contributed by atoms with Gasteiger partial charge in [0.25, 0.3) is 5.91 Å². The summed E-state index contributed by atoms with van der Waals surface area (Å²) in [6.45, 7) is 0. The first-order valence-electron chi connectivity index (χ1n) is 6.53. The van der Waals surface area contributed by atoms with E-state index in [9.17, 15) is 9.59 Å². The average Bonchev–Trinajstić information content (AvgIpc) is 2.61. The molecule has 23 heavy (non-hydrogen) atoms. The van der Waals surface area contributed by atoms with Crippen molar-refractivity contribution in [3.63, 3.8) is 0 Å². The van der Waals surface area contributed by atoms with E-state index in [2.05, 4.69) is 20.0 Å². The number of carbonyl (C=O) groups is 2. The molecule has 0 fully saturated rings. The number of nitrogens with one attached hydrogen (secondary N) is 1. The molecule has 0 unspecified atom stereocenters. The van der Waals surface area contributed by atoms with Crippen molar-refractivity contribution in [3.05, 3.63) is 41.7 Å². The van der Waals surface area contributed by atoms with E-state index in [1.807, 2.05) is 0 Å². The Labute approximate surface area is 132 Å². The Morgan fingerprint density at radius 3 is 2.39 bits per heavy atom. The molecule has 2 aromatic rings. The van der Waals surface area contributed by atoms with Crippen LogP contribution in [0.2, 0.25) is 0 Å². The van der Waals surface area contributed by atoms with Crippen LogP contribution in [0, 0.1) is 0 Å². The number of pyridine rings is 2. The third kappa shape index (κ3) is 3.73. The molecular weight excluding hydrogens is 302 g/mol. The second-order valence-corrected chi connectivity index (χ2v) is 4.29. The molecule has 0 aliphatic rings. The normalized spacial score (nSPS) is 9.87. The van der Waals surface area contributed by atoms with Gasteiger partial charge in [-0.05, 0) is 18.2 Å². The molecule has 0 saturated heterocycles. The van der Waals surface area contributed by atoms with Crippen molar-refractivity contribution >= 4 is 17.6 Å². The van der Waals surface area contributed by atoms with Gasteiger partial charge in [-0.2, -0.15) is 4.98 Å². The highest BCUT2D eigenvalue weighted by Crippen LogP contribution is 2.25. The largest absolute Gasteiger partial charge is 0.481 e. The molecule has 1 amide bonds. The Hall–Kier alpha value is -3.16. The van der Waals surface area contributed by atoms with E-state index in [4.69, 9.17) is 9.47 Å². The molecule has 2 aromatic heterocycles. The Morgan fingerprint density at radius 1 is 1.04 bits per heavy atom. The first kappa shape index (κ1) is 16.2. The third-order valence-electron chi connectivity index (χ3n) is 2.90. The second kappa shape index (κ2) is 7.21. The SMILES string of the molecule is COC(=O)c1ccc(C(=O)Nc2ccc(OC)nc2OC)nc1. The summed E-state index contributed by atoms with van der Waals surface area (Å²) in [5.41, 5.74) is 0.764. The molecule has 2 rings (SSSR count). The van der Waals surface area contributed by atoms with Crippen LogP contribution < -0.4 is 14.8 Å². The molecule has 0 aromatic carbocycles. The Balaban J connectivity index is 2.17. The van der Waals surface area contributed by atoms with Crippen LogP contribution >= 0.6 is 0 Å². The quantitative estimate of drug-likeness (QED) is 0.835. The first-order valence-corrected chi connectivity index (χ1v) is 6.53. The Morgan fingerprint density at radius 2 is 1.83 bits per heavy atom. The Kier molecular flexibility index (Phi) is 5.08. The maximum Gasteiger partial charge on any atom is 0.339 e. The number of hydrogen-bond acceptors (Lipinski definition) is 7. The Bertz CT molecular complexity index is 716. The molecule has 8 heteroatoms. The fourth-order valence-corrected chi connectivity index (χ4v) is 1.74. The molecule has 0 radical (unpaired) electrons. The van der Waals surface area contributed by atoms with E-state index in [-0.39, 0.29) is 17.1 Å². The van der Waals surface area contributed by atoms with Crippen LogP contribution in [-0.2, 0) is 4.74 Å². The summed E-state index contributed by atoms with van der Waals surface area (Å²) < 4.78 is 14.7. The number of rotatable bonds is 5. The number of methoxy groups -OCH3 is 3. The van der Waals surface area contributed by atoms with Gasteiger partial charge in [0.1, 0.15) is 11.4 Å². The molecule has 0 saturated carbocycles. The van der Waals surface area contributed by atoms with Gasteiger partial charge >= 0.3 is 5.97 Å². The van der Waals surface area contributed by atoms with Gasteiger partial charge in [0.15, 0.2) is 0 Å². The molecule has 0 spiro atoms. The van der Waals surface area contributed by atoms with Crippen molar-refractivity contribution < 1.29 is 23.8 Å². The topological polar surface area (TPSA) is 99.6 Å². The van der Waals surface area contributed by atoms with Gasteiger partial charge in [0, 0.05) is 12.3 Å². The fraction of sp³-hybridized carbons (Fsp3) is 0.200. The van der Waals surface area contributed by atoms with E-state index >= 15 is 0 Å². The van der Waals surface area contributed by atoms with Crippen LogP contribution in [-0.4, -0.2) is 43.2 Å². The van der Waals surface area contributed by atoms with Crippen LogP contribution in [0.3, 0.4) is 0 Å². The van der Waals surface area contributed by atoms with Crippen LogP contribution in [0.5, 0.6) is 11.8 Å². The number of nitrogens with zero attached hydrogens (tertiary/aromatic N) is 2. The summed E-state index contributed by atoms with van der Waals surface area (Å²) in [6.07, 6.45) is 1.27. The number of carbonyl (C=O) groups excluding carboxylic acids is 2. The van der Waals surface area contributed by atoms with Gasteiger partial charge in [0.2, 0.25) is 11.8 Å². The number of ether oxygens (including phenoxy) is 3. The van der Waals surface area contributed by atoms with E-state index in [1.165, 1.54) is 39.7 Å². The zero-order valence-corrected chi connectivity index (χ0v) is 12.8. The molecule has 2 heterocycles. The summed E-state index contributed by atoms with van der Waals surface area (Å²) >= 11 is 0. The van der Waals surface area contributed by atoms with Gasteiger partial charge in [-0.25, -0.2) is 4.79 Å². The van der Waals surface area contributed by atoms with Gasteiger partial charge in [-0.15, -0.1) is 0 Å². The van der Waals surface area contributed by atoms with Gasteiger partial charge in [-0.1, -0.05) is 0 Å². The van der Waals surface area contributed by atoms with Crippen molar-refractivity contribution in [2.75, 3.05) is 26.6 Å². The summed E-state index contributed by atoms with van der Waals surface area (Å²) in [7, 11) is 4.18. The van der Waals surface area contributed by atoms with Crippen molar-refractivity contribution in [2.24, 2.45) is 0 Å². The van der Waals surface area contributed by atoms with Gasteiger partial charge in [-0.3, -0.25) is 9.78 Å². The predicted octanol–water partition coefficient (Wildman–Crippen LogP) is 1.53. The lowest BCUT2D eigenvalue weighted by Gasteiger charge is -2.10. The highest BCUT2D eigenvalue weighted by molar-refractivity contribution is 6.03. The van der Waals surface area contributed by atoms with E-state index in [0.717, 1.165) is 0 Å². The average molecular weight is 317 g/mol. The van der Waals surface area contributed by atoms with Crippen LogP contribution in [0.15, 0.2) is 30.5 Å². The van der Waals surface area contributed by atoms with E-state index in [1.54, 1.807) is 12.1 Å². The molecule has 0 bridgehead atoms. The van der Waals surface area contributed by atoms with Crippen molar-refractivity contribution in [1.29, 1.82) is 0 Å². The molecule has 1 N–H and O–H groups in total. The third-order valence-corrected chi connectivity index (χ3v) is 2.90. The molecular formula is C15H15N3O5. The van der Waals surface area contributed by atoms with Crippen LogP contribution in [0.4, 0.5) is 5.69 Å². The molecule has 8 nitrogen and oxygen atoms in total. The zero-order valence-electron chi connectivity index (χ0n) is 12.8. The lowest BCUT2D eigenvalue weighted by molar-refractivity contribution is 0.0600. The van der Waals surface area contributed by atoms with Crippen LogP contribution in [0.1, 0.15) is 20.8 Å². The minimum atomic E-state index is -0.523. The minimum Gasteiger partial charge on any atom is -0.481 e. The molecule has 0 atom stereocenters. The summed E-state index contributed by atoms with van der Waals surface area (Å²) in [6, 6.07) is 6.07. The molecule has 120 valence electrons. The van der Waals surface area contributed by atoms with Crippen LogP contribution in [0.25, 0.3) is 0 Å². The maximum atomic E-state index is 12.2. The molecule has 0 aliphatic heterocycles. The fourth-order valence-electron chi connectivity index (χ4n) is 1.74. The predicted molar refractivity (Wildman–Crippen MR) is 80.9 cm³/mol. The van der Waals surface area contributed by atoms with Gasteiger partial charge < -0.3 is 19.5 Å². The zero-order chi connectivity index (χ0) is 16.8. The second-order valence-electron chi connectivity index (χ2n) is 4.29. The number of hydrogen-bond donors (Lipinski definition) is 1. The van der Waals surface area contributed by atoms with E-state index < -0.39 is 11.9 Å². The number of esters is 1. The minimum absolute atomic E-state index is 0.135. The lowest BCUT2D eigenvalue weighted by Crippen LogP contribution is -2.15. The van der Waals surface area contributed by atoms with Gasteiger partial charge in [0.05, 0.1) is 26.9 Å². The van der Waals surface area contributed by atoms with Crippen molar-refractivity contribution in [3.8, 4) is 11.8 Å². The number of amides is 1. The van der Waals surface area contributed by atoms with E-state index in [0.29, 0.717) is 11.6 Å². The van der Waals surface area contributed by atoms with Crippen molar-refractivity contribution in [2.45, 2.75) is 0 Å². The first-order chi connectivity index (χ1) is 11.1. The van der Waals surface area contributed by atoms with Crippen molar-refractivity contribution in [1.82, 2.24) is 9.97 Å². The standard InChI is InChI=1S/C15H15N3O5/c1-21-12-7-6-11(14(18-12)22-2)17-13(19)10-5-4-9(8-16-10)15(20)23-3/h4-8H,1-3H3,(H,17,19). The summed E-state index contributed by atoms with van der Waals surface area (Å²) in [5, 5.41) is 2.63. The lowest BCUT2D eigenvalue weighted by atomic mass is 10.2. The summed E-state index contributed by atoms with van der Waals surface area (Å²) in [5.74, 6) is -0.415. The monoisotopic (exact) mass is 317 g/mol. The smallest absolute Gasteiger partial charge is 0.339 e. The molecule has 0 aliphatic carbocycles. The highest BCUT2D eigenvalue weighted by atomic mass is 16.5. The number of aromatic nitrogens is 2. The summed E-state index contributed by atoms with van der Waals surface area (Å²) in [4.78, 5) is 31.5.